The maximum atomic E-state index is 5.34. The molecule has 0 unspecified atom stereocenters. The van der Waals surface area contributed by atoms with Gasteiger partial charge in [-0.15, -0.1) is 0 Å². The summed E-state index contributed by atoms with van der Waals surface area (Å²) in [5.41, 5.74) is 5.64. The number of benzene rings is 2. The molecule has 0 aliphatic heterocycles. The monoisotopic (exact) mass is 407 g/mol. The lowest BCUT2D eigenvalue weighted by Crippen LogP contribution is -2.23. The second-order valence-corrected chi connectivity index (χ2v) is 6.18. The van der Waals surface area contributed by atoms with Crippen molar-refractivity contribution in [3.63, 3.8) is 0 Å². The number of rotatable bonds is 5. The van der Waals surface area contributed by atoms with Gasteiger partial charge in [0.05, 0.1) is 24.9 Å². The van der Waals surface area contributed by atoms with Crippen LogP contribution in [0.3, 0.4) is 0 Å². The van der Waals surface area contributed by atoms with Crippen LogP contribution in [0.2, 0.25) is 0 Å². The molecule has 2 aromatic carbocycles. The fourth-order valence-corrected chi connectivity index (χ4v) is 2.72. The maximum absolute atomic E-state index is 5.34. The molecule has 24 heavy (non-hydrogen) atoms. The number of aryl methyl sites for hydroxylation is 1. The van der Waals surface area contributed by atoms with Gasteiger partial charge in [0.1, 0.15) is 11.5 Å². The minimum Gasteiger partial charge on any atom is -0.496 e. The normalized spacial score (nSPS) is 10.5. The molecular weight excluding hydrogens is 390 g/mol. The lowest BCUT2D eigenvalue weighted by atomic mass is 10.2. The number of hydrogen-bond acceptors (Lipinski definition) is 4. The molecule has 2 aromatic rings. The molecule has 0 saturated carbocycles. The van der Waals surface area contributed by atoms with Crippen molar-refractivity contribution >= 4 is 45.2 Å². The van der Waals surface area contributed by atoms with E-state index in [1.54, 1.807) is 26.5 Å². The summed E-state index contributed by atoms with van der Waals surface area (Å²) in [6.45, 7) is 2.02. The van der Waals surface area contributed by atoms with Crippen molar-refractivity contribution in [3.8, 4) is 11.5 Å². The highest BCUT2D eigenvalue weighted by Crippen LogP contribution is 2.31. The van der Waals surface area contributed by atoms with Crippen molar-refractivity contribution in [1.29, 1.82) is 0 Å². The van der Waals surface area contributed by atoms with Crippen LogP contribution in [0.4, 0.5) is 5.69 Å². The summed E-state index contributed by atoms with van der Waals surface area (Å²) in [5, 5.41) is 7.62. The van der Waals surface area contributed by atoms with Gasteiger partial charge in [0.25, 0.3) is 0 Å². The van der Waals surface area contributed by atoms with Gasteiger partial charge in [0.15, 0.2) is 5.11 Å². The Morgan fingerprint density at radius 2 is 1.92 bits per heavy atom. The summed E-state index contributed by atoms with van der Waals surface area (Å²) in [5.74, 6) is 1.34. The van der Waals surface area contributed by atoms with Gasteiger partial charge in [-0.3, -0.25) is 5.43 Å². The molecule has 0 aliphatic rings. The first-order chi connectivity index (χ1) is 11.5. The summed E-state index contributed by atoms with van der Waals surface area (Å²) in [6, 6.07) is 11.6. The molecule has 2 rings (SSSR count). The average Bonchev–Trinajstić information content (AvgIpc) is 2.55. The zero-order valence-electron chi connectivity index (χ0n) is 13.6. The lowest BCUT2D eigenvalue weighted by molar-refractivity contribution is 0.392. The number of hydrazone groups is 1. The Hall–Kier alpha value is -2.12. The van der Waals surface area contributed by atoms with Crippen molar-refractivity contribution in [1.82, 2.24) is 5.43 Å². The van der Waals surface area contributed by atoms with Gasteiger partial charge in [0.2, 0.25) is 0 Å². The van der Waals surface area contributed by atoms with Crippen molar-refractivity contribution < 1.29 is 9.47 Å². The smallest absolute Gasteiger partial charge is 0.191 e. The molecule has 0 fully saturated rings. The Morgan fingerprint density at radius 3 is 2.58 bits per heavy atom. The van der Waals surface area contributed by atoms with E-state index in [-0.39, 0.29) is 0 Å². The standard InChI is InChI=1S/C17H18BrN3O2S/c1-11-5-4-6-13(7-11)20-17(24)21-19-10-12-8-14(18)16(23-3)9-15(12)22-2/h4-10H,1-3H3,(H2,20,21,24). The molecule has 0 bridgehead atoms. The van der Waals surface area contributed by atoms with E-state index in [1.807, 2.05) is 37.3 Å². The van der Waals surface area contributed by atoms with E-state index in [0.717, 1.165) is 21.3 Å². The molecule has 0 heterocycles. The molecule has 0 saturated heterocycles. The van der Waals surface area contributed by atoms with Gasteiger partial charge in [-0.25, -0.2) is 0 Å². The number of thiocarbonyl (C=S) groups is 1. The van der Waals surface area contributed by atoms with Crippen LogP contribution in [0.5, 0.6) is 11.5 Å². The Balaban J connectivity index is 2.03. The lowest BCUT2D eigenvalue weighted by Gasteiger charge is -2.10. The molecule has 7 heteroatoms. The third kappa shape index (κ3) is 4.94. The quantitative estimate of drug-likeness (QED) is 0.443. The molecule has 2 N–H and O–H groups in total. The van der Waals surface area contributed by atoms with Gasteiger partial charge in [0, 0.05) is 17.3 Å². The first kappa shape index (κ1) is 18.2. The van der Waals surface area contributed by atoms with Gasteiger partial charge < -0.3 is 14.8 Å². The van der Waals surface area contributed by atoms with Crippen LogP contribution >= 0.6 is 28.1 Å². The van der Waals surface area contributed by atoms with Crippen LogP contribution in [-0.2, 0) is 0 Å². The van der Waals surface area contributed by atoms with Crippen LogP contribution in [0, 0.1) is 6.92 Å². The fourth-order valence-electron chi connectivity index (χ4n) is 2.03. The highest BCUT2D eigenvalue weighted by molar-refractivity contribution is 9.10. The van der Waals surface area contributed by atoms with Crippen molar-refractivity contribution in [2.24, 2.45) is 5.10 Å². The zero-order valence-corrected chi connectivity index (χ0v) is 16.0. The van der Waals surface area contributed by atoms with Crippen LogP contribution in [0.25, 0.3) is 0 Å². The molecule has 0 spiro atoms. The van der Waals surface area contributed by atoms with Gasteiger partial charge in [-0.05, 0) is 58.8 Å². The van der Waals surface area contributed by atoms with E-state index in [4.69, 9.17) is 21.7 Å². The summed E-state index contributed by atoms with van der Waals surface area (Å²) in [6.07, 6.45) is 1.63. The zero-order chi connectivity index (χ0) is 17.5. The van der Waals surface area contributed by atoms with Crippen molar-refractivity contribution in [3.05, 3.63) is 52.0 Å². The number of halogens is 1. The highest BCUT2D eigenvalue weighted by Gasteiger charge is 2.08. The third-order valence-electron chi connectivity index (χ3n) is 3.15. The number of nitrogens with one attached hydrogen (secondary N) is 2. The van der Waals surface area contributed by atoms with Gasteiger partial charge in [-0.1, -0.05) is 12.1 Å². The van der Waals surface area contributed by atoms with Crippen LogP contribution in [-0.4, -0.2) is 25.5 Å². The molecule has 126 valence electrons. The Morgan fingerprint density at radius 1 is 1.17 bits per heavy atom. The summed E-state index contributed by atoms with van der Waals surface area (Å²) in [7, 11) is 3.20. The SMILES string of the molecule is COc1cc(OC)c(C=NNC(=S)Nc2cccc(C)c2)cc1Br. The Kier molecular flexibility index (Phi) is 6.57. The molecule has 0 aromatic heterocycles. The largest absolute Gasteiger partial charge is 0.496 e. The number of ether oxygens (including phenoxy) is 2. The predicted octanol–water partition coefficient (Wildman–Crippen LogP) is 4.10. The number of methoxy groups -OCH3 is 2. The topological polar surface area (TPSA) is 54.9 Å². The minimum absolute atomic E-state index is 0.406. The summed E-state index contributed by atoms with van der Waals surface area (Å²) in [4.78, 5) is 0. The van der Waals surface area contributed by atoms with Crippen molar-refractivity contribution in [2.75, 3.05) is 19.5 Å². The summed E-state index contributed by atoms with van der Waals surface area (Å²) < 4.78 is 11.4. The van der Waals surface area contributed by atoms with E-state index in [2.05, 4.69) is 31.8 Å². The highest BCUT2D eigenvalue weighted by atomic mass is 79.9. The van der Waals surface area contributed by atoms with Crippen LogP contribution < -0.4 is 20.2 Å². The Labute approximate surface area is 155 Å². The number of nitrogens with zero attached hydrogens (tertiary/aromatic N) is 1. The van der Waals surface area contributed by atoms with Gasteiger partial charge >= 0.3 is 0 Å². The van der Waals surface area contributed by atoms with Gasteiger partial charge in [-0.2, -0.15) is 5.10 Å². The molecule has 5 nitrogen and oxygen atoms in total. The van der Waals surface area contributed by atoms with E-state index >= 15 is 0 Å². The first-order valence-corrected chi connectivity index (χ1v) is 8.32. The molecule has 0 atom stereocenters. The second kappa shape index (κ2) is 8.65. The van der Waals surface area contributed by atoms with E-state index in [9.17, 15) is 0 Å². The second-order valence-electron chi connectivity index (χ2n) is 4.92. The van der Waals surface area contributed by atoms with Crippen LogP contribution in [0.1, 0.15) is 11.1 Å². The minimum atomic E-state index is 0.406. The van der Waals surface area contributed by atoms with E-state index < -0.39 is 0 Å². The number of hydrogen-bond donors (Lipinski definition) is 2. The average molecular weight is 408 g/mol. The number of anilines is 1. The summed E-state index contributed by atoms with van der Waals surface area (Å²) >= 11 is 8.67. The molecule has 0 aliphatic carbocycles. The van der Waals surface area contributed by atoms with E-state index in [1.165, 1.54) is 0 Å². The molecule has 0 radical (unpaired) electrons. The fraction of sp³-hybridized carbons (Fsp3) is 0.176. The molecule has 0 amide bonds. The van der Waals surface area contributed by atoms with Crippen molar-refractivity contribution in [2.45, 2.75) is 6.92 Å². The van der Waals surface area contributed by atoms with E-state index in [0.29, 0.717) is 16.6 Å². The Bertz CT molecular complexity index is 765. The predicted molar refractivity (Wildman–Crippen MR) is 105 cm³/mol. The molecular formula is C17H18BrN3O2S. The third-order valence-corrected chi connectivity index (χ3v) is 3.96. The van der Waals surface area contributed by atoms with Crippen LogP contribution in [0.15, 0.2) is 46.0 Å². The maximum Gasteiger partial charge on any atom is 0.191 e. The first-order valence-electron chi connectivity index (χ1n) is 7.11.